The van der Waals surface area contributed by atoms with Crippen LogP contribution in [0.1, 0.15) is 20.3 Å². The van der Waals surface area contributed by atoms with Crippen LogP contribution in [0, 0.1) is 0 Å². The van der Waals surface area contributed by atoms with E-state index in [-0.39, 0.29) is 0 Å². The largest absolute Gasteiger partial charge is 0.389 e. The van der Waals surface area contributed by atoms with Crippen LogP contribution in [0.5, 0.6) is 0 Å². The molecule has 13 heavy (non-hydrogen) atoms. The van der Waals surface area contributed by atoms with E-state index < -0.39 is 5.60 Å². The monoisotopic (exact) mass is 198 g/mol. The Labute approximate surface area is 82.6 Å². The molecule has 0 aliphatic rings. The van der Waals surface area contributed by atoms with Crippen molar-refractivity contribution >= 4 is 11.8 Å². The summed E-state index contributed by atoms with van der Waals surface area (Å²) >= 11 is 1.53. The lowest BCUT2D eigenvalue weighted by atomic mass is 10.1. The average molecular weight is 198 g/mol. The lowest BCUT2D eigenvalue weighted by Crippen LogP contribution is -2.25. The molecule has 0 aromatic carbocycles. The van der Waals surface area contributed by atoms with Crippen LogP contribution in [0.4, 0.5) is 0 Å². The predicted molar refractivity (Wildman–Crippen MR) is 53.7 cm³/mol. The van der Waals surface area contributed by atoms with Gasteiger partial charge in [0.2, 0.25) is 0 Å². The summed E-state index contributed by atoms with van der Waals surface area (Å²) in [6.45, 7) is 3.80. The Hall–Kier alpha value is -0.610. The summed E-state index contributed by atoms with van der Waals surface area (Å²) in [5.41, 5.74) is -0.609. The minimum Gasteiger partial charge on any atom is -0.389 e. The molecule has 1 N–H and O–H groups in total. The van der Waals surface area contributed by atoms with Crippen molar-refractivity contribution in [1.82, 2.24) is 9.97 Å². The molecule has 1 unspecified atom stereocenters. The third kappa shape index (κ3) is 3.74. The van der Waals surface area contributed by atoms with Crippen LogP contribution in [-0.4, -0.2) is 26.4 Å². The molecule has 0 amide bonds. The van der Waals surface area contributed by atoms with Crippen LogP contribution in [0.2, 0.25) is 0 Å². The van der Waals surface area contributed by atoms with Crippen LogP contribution in [0.3, 0.4) is 0 Å². The first-order valence-electron chi connectivity index (χ1n) is 4.25. The lowest BCUT2D eigenvalue weighted by Gasteiger charge is -2.19. The van der Waals surface area contributed by atoms with Crippen LogP contribution in [-0.2, 0) is 0 Å². The summed E-state index contributed by atoms with van der Waals surface area (Å²) in [5.74, 6) is 0.655. The minimum atomic E-state index is -0.609. The summed E-state index contributed by atoms with van der Waals surface area (Å²) in [5, 5.41) is 10.6. The Morgan fingerprint density at radius 2 is 2.31 bits per heavy atom. The van der Waals surface area contributed by atoms with Gasteiger partial charge in [-0.15, -0.1) is 11.8 Å². The highest BCUT2D eigenvalue weighted by molar-refractivity contribution is 7.99. The molecule has 0 spiro atoms. The second-order valence-corrected chi connectivity index (χ2v) is 4.18. The zero-order valence-electron chi connectivity index (χ0n) is 7.90. The maximum atomic E-state index is 9.72. The Morgan fingerprint density at radius 1 is 1.54 bits per heavy atom. The van der Waals surface area contributed by atoms with Crippen molar-refractivity contribution in [2.45, 2.75) is 30.9 Å². The Morgan fingerprint density at radius 3 is 2.85 bits per heavy atom. The normalized spacial score (nSPS) is 15.3. The van der Waals surface area contributed by atoms with Gasteiger partial charge in [0, 0.05) is 18.1 Å². The molecule has 0 saturated heterocycles. The van der Waals surface area contributed by atoms with Gasteiger partial charge >= 0.3 is 0 Å². The third-order valence-electron chi connectivity index (χ3n) is 1.83. The Bertz CT molecular complexity index is 251. The molecule has 1 atom stereocenters. The van der Waals surface area contributed by atoms with Gasteiger partial charge in [-0.2, -0.15) is 0 Å². The van der Waals surface area contributed by atoms with E-state index in [9.17, 15) is 5.11 Å². The fourth-order valence-corrected chi connectivity index (χ4v) is 1.63. The van der Waals surface area contributed by atoms with Gasteiger partial charge in [-0.3, -0.25) is 4.98 Å². The maximum absolute atomic E-state index is 9.72. The van der Waals surface area contributed by atoms with E-state index in [0.717, 1.165) is 11.4 Å². The van der Waals surface area contributed by atoms with E-state index in [0.29, 0.717) is 5.75 Å². The molecule has 4 heteroatoms. The molecule has 3 nitrogen and oxygen atoms in total. The first-order valence-corrected chi connectivity index (χ1v) is 5.24. The molecular formula is C9H14N2OS. The molecule has 0 bridgehead atoms. The van der Waals surface area contributed by atoms with Gasteiger partial charge in [-0.25, -0.2) is 4.98 Å². The second kappa shape index (κ2) is 4.58. The highest BCUT2D eigenvalue weighted by Gasteiger charge is 2.17. The fourth-order valence-electron chi connectivity index (χ4n) is 0.691. The van der Waals surface area contributed by atoms with Crippen molar-refractivity contribution in [2.24, 2.45) is 0 Å². The molecule has 0 saturated carbocycles. The van der Waals surface area contributed by atoms with Crippen molar-refractivity contribution in [1.29, 1.82) is 0 Å². The number of thioether (sulfide) groups is 1. The average Bonchev–Trinajstić information content (AvgIpc) is 2.17. The van der Waals surface area contributed by atoms with Crippen molar-refractivity contribution < 1.29 is 5.11 Å². The Kier molecular flexibility index (Phi) is 3.69. The molecule has 1 heterocycles. The van der Waals surface area contributed by atoms with Gasteiger partial charge in [0.05, 0.1) is 11.8 Å². The third-order valence-corrected chi connectivity index (χ3v) is 3.10. The smallest absolute Gasteiger partial charge is 0.114 e. The number of hydrogen-bond acceptors (Lipinski definition) is 4. The molecule has 0 aliphatic carbocycles. The van der Waals surface area contributed by atoms with E-state index in [1.807, 2.05) is 13.8 Å². The predicted octanol–water partition coefficient (Wildman–Crippen LogP) is 1.73. The first kappa shape index (κ1) is 10.5. The first-order chi connectivity index (χ1) is 6.14. The zero-order chi connectivity index (χ0) is 9.73. The molecule has 1 aromatic rings. The SMILES string of the molecule is CCC(C)(O)CSc1cnccn1. The minimum absolute atomic E-state index is 0.609. The van der Waals surface area contributed by atoms with Gasteiger partial charge in [0.15, 0.2) is 0 Å². The highest BCUT2D eigenvalue weighted by atomic mass is 32.2. The van der Waals surface area contributed by atoms with Crippen molar-refractivity contribution in [3.05, 3.63) is 18.6 Å². The van der Waals surface area contributed by atoms with Gasteiger partial charge < -0.3 is 5.11 Å². The van der Waals surface area contributed by atoms with Crippen molar-refractivity contribution in [3.8, 4) is 0 Å². The van der Waals surface area contributed by atoms with Gasteiger partial charge in [0.1, 0.15) is 5.03 Å². The van der Waals surface area contributed by atoms with E-state index in [2.05, 4.69) is 9.97 Å². The van der Waals surface area contributed by atoms with Crippen LogP contribution < -0.4 is 0 Å². The number of nitrogens with zero attached hydrogens (tertiary/aromatic N) is 2. The summed E-state index contributed by atoms with van der Waals surface area (Å²) in [4.78, 5) is 8.05. The van der Waals surface area contributed by atoms with Crippen molar-refractivity contribution in [3.63, 3.8) is 0 Å². The van der Waals surface area contributed by atoms with Crippen molar-refractivity contribution in [2.75, 3.05) is 5.75 Å². The topological polar surface area (TPSA) is 46.0 Å². The van der Waals surface area contributed by atoms with E-state index in [4.69, 9.17) is 0 Å². The van der Waals surface area contributed by atoms with Gasteiger partial charge in [0.25, 0.3) is 0 Å². The van der Waals surface area contributed by atoms with E-state index in [1.54, 1.807) is 18.6 Å². The molecule has 0 fully saturated rings. The second-order valence-electron chi connectivity index (χ2n) is 3.18. The molecule has 72 valence electrons. The summed E-state index contributed by atoms with van der Waals surface area (Å²) in [6.07, 6.45) is 5.75. The van der Waals surface area contributed by atoms with E-state index in [1.165, 1.54) is 11.8 Å². The Balaban J connectivity index is 2.44. The zero-order valence-corrected chi connectivity index (χ0v) is 8.71. The lowest BCUT2D eigenvalue weighted by molar-refractivity contribution is 0.0815. The quantitative estimate of drug-likeness (QED) is 0.748. The van der Waals surface area contributed by atoms with Gasteiger partial charge in [-0.05, 0) is 13.3 Å². The number of aliphatic hydroxyl groups is 1. The molecular weight excluding hydrogens is 184 g/mol. The fraction of sp³-hybridized carbons (Fsp3) is 0.556. The molecule has 0 aliphatic heterocycles. The number of hydrogen-bond donors (Lipinski definition) is 1. The summed E-state index contributed by atoms with van der Waals surface area (Å²) in [7, 11) is 0. The maximum Gasteiger partial charge on any atom is 0.114 e. The highest BCUT2D eigenvalue weighted by Crippen LogP contribution is 2.21. The van der Waals surface area contributed by atoms with Gasteiger partial charge in [-0.1, -0.05) is 6.92 Å². The van der Waals surface area contributed by atoms with Crippen LogP contribution >= 0.6 is 11.8 Å². The molecule has 0 radical (unpaired) electrons. The number of rotatable bonds is 4. The summed E-state index contributed by atoms with van der Waals surface area (Å²) in [6, 6.07) is 0. The molecule has 1 aromatic heterocycles. The number of aromatic nitrogens is 2. The van der Waals surface area contributed by atoms with E-state index >= 15 is 0 Å². The summed E-state index contributed by atoms with van der Waals surface area (Å²) < 4.78 is 0. The van der Waals surface area contributed by atoms with Crippen LogP contribution in [0.25, 0.3) is 0 Å². The standard InChI is InChI=1S/C9H14N2OS/c1-3-9(2,12)7-13-8-6-10-4-5-11-8/h4-6,12H,3,7H2,1-2H3. The van der Waals surface area contributed by atoms with Crippen LogP contribution in [0.15, 0.2) is 23.6 Å². The molecule has 1 rings (SSSR count).